The lowest BCUT2D eigenvalue weighted by Crippen LogP contribution is -2.51. The molecule has 2 aromatic carbocycles. The Balaban J connectivity index is 1.42. The number of nitrogens with zero attached hydrogens (tertiary/aromatic N) is 4. The molecule has 0 aliphatic carbocycles. The molecule has 2 fully saturated rings. The van der Waals surface area contributed by atoms with Crippen molar-refractivity contribution in [2.75, 3.05) is 26.2 Å². The molecule has 36 heavy (non-hydrogen) atoms. The quantitative estimate of drug-likeness (QED) is 0.565. The SMILES string of the molecule is CCc1ccc(C2CC(c3nc(-c4c(F)cccc4F)no3)CN(C(=O)N3CCC(O)CC3)C2)cc1. The van der Waals surface area contributed by atoms with Crippen LogP contribution in [0.15, 0.2) is 47.0 Å². The zero-order valence-corrected chi connectivity index (χ0v) is 20.2. The van der Waals surface area contributed by atoms with Crippen molar-refractivity contribution < 1.29 is 23.2 Å². The van der Waals surface area contributed by atoms with Crippen molar-refractivity contribution in [2.45, 2.75) is 50.5 Å². The molecule has 0 bridgehead atoms. The number of amides is 2. The average molecular weight is 497 g/mol. The first-order valence-electron chi connectivity index (χ1n) is 12.5. The fourth-order valence-electron chi connectivity index (χ4n) is 5.17. The zero-order valence-electron chi connectivity index (χ0n) is 20.2. The third-order valence-electron chi connectivity index (χ3n) is 7.29. The molecule has 1 N–H and O–H groups in total. The first kappa shape index (κ1) is 24.4. The number of hydrogen-bond donors (Lipinski definition) is 1. The Morgan fingerprint density at radius 1 is 1.03 bits per heavy atom. The van der Waals surface area contributed by atoms with Gasteiger partial charge in [0.2, 0.25) is 11.7 Å². The van der Waals surface area contributed by atoms with Gasteiger partial charge >= 0.3 is 6.03 Å². The Morgan fingerprint density at radius 3 is 2.36 bits per heavy atom. The summed E-state index contributed by atoms with van der Waals surface area (Å²) in [6.07, 6.45) is 2.35. The number of aliphatic hydroxyl groups is 1. The van der Waals surface area contributed by atoms with Gasteiger partial charge in [0.15, 0.2) is 0 Å². The summed E-state index contributed by atoms with van der Waals surface area (Å²) in [5.41, 5.74) is 2.03. The van der Waals surface area contributed by atoms with Gasteiger partial charge in [-0.15, -0.1) is 0 Å². The highest BCUT2D eigenvalue weighted by Gasteiger charge is 2.37. The normalized spacial score (nSPS) is 21.1. The molecule has 0 radical (unpaired) electrons. The first-order valence-corrected chi connectivity index (χ1v) is 12.5. The van der Waals surface area contributed by atoms with E-state index in [0.29, 0.717) is 45.4 Å². The lowest BCUT2D eigenvalue weighted by atomic mass is 9.84. The van der Waals surface area contributed by atoms with E-state index in [2.05, 4.69) is 41.3 Å². The molecule has 3 heterocycles. The lowest BCUT2D eigenvalue weighted by molar-refractivity contribution is 0.0744. The predicted octanol–water partition coefficient (Wildman–Crippen LogP) is 4.73. The number of rotatable bonds is 4. The summed E-state index contributed by atoms with van der Waals surface area (Å²) in [6, 6.07) is 11.9. The van der Waals surface area contributed by atoms with Gasteiger partial charge in [0, 0.05) is 32.1 Å². The van der Waals surface area contributed by atoms with E-state index in [-0.39, 0.29) is 41.2 Å². The second-order valence-corrected chi connectivity index (χ2v) is 9.68. The standard InChI is InChI=1S/C27H30F2N4O3/c1-2-17-6-8-18(9-7-17)19-14-20(16-33(15-19)27(35)32-12-10-21(34)11-13-32)26-30-25(31-36-26)24-22(28)4-3-5-23(24)29/h3-9,19-21,34H,2,10-16H2,1H3. The minimum absolute atomic E-state index is 0.0366. The Hall–Kier alpha value is -3.33. The smallest absolute Gasteiger partial charge is 0.320 e. The highest BCUT2D eigenvalue weighted by Crippen LogP contribution is 2.37. The number of carbonyl (C=O) groups is 1. The third-order valence-corrected chi connectivity index (χ3v) is 7.29. The summed E-state index contributed by atoms with van der Waals surface area (Å²) >= 11 is 0. The number of aryl methyl sites for hydroxylation is 1. The maximum absolute atomic E-state index is 14.3. The Kier molecular flexibility index (Phi) is 7.00. The van der Waals surface area contributed by atoms with Crippen LogP contribution in [0, 0.1) is 11.6 Å². The Labute approximate surface area is 208 Å². The monoisotopic (exact) mass is 496 g/mol. The number of aromatic nitrogens is 2. The van der Waals surface area contributed by atoms with Crippen LogP contribution in [0.2, 0.25) is 0 Å². The van der Waals surface area contributed by atoms with Crippen LogP contribution in [-0.4, -0.2) is 63.4 Å². The number of likely N-dealkylation sites (tertiary alicyclic amines) is 2. The van der Waals surface area contributed by atoms with Gasteiger partial charge in [0.05, 0.1) is 17.6 Å². The third kappa shape index (κ3) is 4.97. The van der Waals surface area contributed by atoms with E-state index in [4.69, 9.17) is 4.52 Å². The number of urea groups is 1. The summed E-state index contributed by atoms with van der Waals surface area (Å²) in [7, 11) is 0. The van der Waals surface area contributed by atoms with Gasteiger partial charge in [0.25, 0.3) is 0 Å². The summed E-state index contributed by atoms with van der Waals surface area (Å²) in [5, 5.41) is 13.7. The molecule has 2 saturated heterocycles. The maximum atomic E-state index is 14.3. The molecule has 2 unspecified atom stereocenters. The molecule has 0 saturated carbocycles. The number of piperidine rings is 2. The van der Waals surface area contributed by atoms with Crippen LogP contribution in [-0.2, 0) is 6.42 Å². The van der Waals surface area contributed by atoms with Crippen molar-refractivity contribution in [3.63, 3.8) is 0 Å². The van der Waals surface area contributed by atoms with Gasteiger partial charge in [0.1, 0.15) is 11.6 Å². The fourth-order valence-corrected chi connectivity index (χ4v) is 5.17. The van der Waals surface area contributed by atoms with Crippen LogP contribution in [0.4, 0.5) is 13.6 Å². The van der Waals surface area contributed by atoms with E-state index in [1.54, 1.807) is 9.80 Å². The van der Waals surface area contributed by atoms with E-state index in [1.165, 1.54) is 11.6 Å². The van der Waals surface area contributed by atoms with Crippen LogP contribution in [0.1, 0.15) is 55.0 Å². The minimum Gasteiger partial charge on any atom is -0.393 e. The Bertz CT molecular complexity index is 1190. The van der Waals surface area contributed by atoms with Crippen LogP contribution in [0.25, 0.3) is 11.4 Å². The molecular weight excluding hydrogens is 466 g/mol. The van der Waals surface area contributed by atoms with Crippen LogP contribution >= 0.6 is 0 Å². The number of carbonyl (C=O) groups excluding carboxylic acids is 1. The van der Waals surface area contributed by atoms with Crippen molar-refractivity contribution in [1.29, 1.82) is 0 Å². The van der Waals surface area contributed by atoms with Gasteiger partial charge in [-0.3, -0.25) is 0 Å². The van der Waals surface area contributed by atoms with Crippen LogP contribution in [0.5, 0.6) is 0 Å². The van der Waals surface area contributed by atoms with Crippen LogP contribution in [0.3, 0.4) is 0 Å². The summed E-state index contributed by atoms with van der Waals surface area (Å²) < 4.78 is 34.1. The lowest BCUT2D eigenvalue weighted by Gasteiger charge is -2.40. The molecule has 7 nitrogen and oxygen atoms in total. The Morgan fingerprint density at radius 2 is 1.69 bits per heavy atom. The van der Waals surface area contributed by atoms with Crippen molar-refractivity contribution in [1.82, 2.24) is 19.9 Å². The predicted molar refractivity (Wildman–Crippen MR) is 129 cm³/mol. The molecule has 0 spiro atoms. The first-order chi connectivity index (χ1) is 17.4. The number of benzene rings is 2. The van der Waals surface area contributed by atoms with Crippen LogP contribution < -0.4 is 0 Å². The molecule has 9 heteroatoms. The van der Waals surface area contributed by atoms with E-state index >= 15 is 0 Å². The van der Waals surface area contributed by atoms with E-state index in [0.717, 1.165) is 24.1 Å². The summed E-state index contributed by atoms with van der Waals surface area (Å²) in [6.45, 7) is 4.03. The largest absolute Gasteiger partial charge is 0.393 e. The van der Waals surface area contributed by atoms with Crippen molar-refractivity contribution in [2.24, 2.45) is 0 Å². The fraction of sp³-hybridized carbons (Fsp3) is 0.444. The highest BCUT2D eigenvalue weighted by molar-refractivity contribution is 5.75. The highest BCUT2D eigenvalue weighted by atomic mass is 19.1. The van der Waals surface area contributed by atoms with Gasteiger partial charge < -0.3 is 19.4 Å². The van der Waals surface area contributed by atoms with Gasteiger partial charge in [-0.1, -0.05) is 42.4 Å². The second kappa shape index (κ2) is 10.3. The zero-order chi connectivity index (χ0) is 25.2. The second-order valence-electron chi connectivity index (χ2n) is 9.68. The average Bonchev–Trinajstić information content (AvgIpc) is 3.38. The molecule has 2 amide bonds. The summed E-state index contributed by atoms with van der Waals surface area (Å²) in [4.78, 5) is 21.4. The molecule has 2 aliphatic rings. The molecule has 5 rings (SSSR count). The summed E-state index contributed by atoms with van der Waals surface area (Å²) in [5.74, 6) is -1.65. The van der Waals surface area contributed by atoms with Crippen molar-refractivity contribution >= 4 is 6.03 Å². The van der Waals surface area contributed by atoms with Gasteiger partial charge in [-0.05, 0) is 48.9 Å². The van der Waals surface area contributed by atoms with Gasteiger partial charge in [-0.2, -0.15) is 4.98 Å². The molecule has 2 aliphatic heterocycles. The number of halogens is 2. The van der Waals surface area contributed by atoms with Crippen molar-refractivity contribution in [3.8, 4) is 11.4 Å². The van der Waals surface area contributed by atoms with E-state index in [9.17, 15) is 18.7 Å². The molecule has 1 aromatic heterocycles. The molecule has 190 valence electrons. The molecule has 3 aromatic rings. The van der Waals surface area contributed by atoms with Crippen molar-refractivity contribution in [3.05, 3.63) is 71.1 Å². The number of hydrogen-bond acceptors (Lipinski definition) is 5. The van der Waals surface area contributed by atoms with Gasteiger partial charge in [-0.25, -0.2) is 13.6 Å². The minimum atomic E-state index is -0.760. The van der Waals surface area contributed by atoms with E-state index in [1.807, 2.05) is 0 Å². The van der Waals surface area contributed by atoms with E-state index < -0.39 is 11.6 Å². The topological polar surface area (TPSA) is 82.7 Å². The maximum Gasteiger partial charge on any atom is 0.320 e. The molecular formula is C27H30F2N4O3. The number of aliphatic hydroxyl groups excluding tert-OH is 1. The molecule has 2 atom stereocenters.